The molecule has 16 heteroatoms. The van der Waals surface area contributed by atoms with Crippen molar-refractivity contribution < 1.29 is 8.78 Å². The predicted molar refractivity (Wildman–Crippen MR) is 208 cm³/mol. The quantitative estimate of drug-likeness (QED) is 0.119. The smallest absolute Gasteiger partial charge is 0.248 e. The van der Waals surface area contributed by atoms with Crippen LogP contribution in [0.5, 0.6) is 0 Å². The van der Waals surface area contributed by atoms with Crippen molar-refractivity contribution in [2.24, 2.45) is 10.2 Å². The number of hydrogen-bond donors (Lipinski definition) is 2. The van der Waals surface area contributed by atoms with Gasteiger partial charge < -0.3 is 0 Å². The first-order chi connectivity index (χ1) is 26.2. The molecule has 54 heavy (non-hydrogen) atoms. The zero-order valence-electron chi connectivity index (χ0n) is 28.7. The molecule has 0 bridgehead atoms. The van der Waals surface area contributed by atoms with Crippen molar-refractivity contribution in [1.29, 1.82) is 0 Å². The number of aromatic nitrogens is 10. The molecule has 0 radical (unpaired) electrons. The average molecular weight is 757 g/mol. The van der Waals surface area contributed by atoms with Crippen molar-refractivity contribution in [3.63, 3.8) is 0 Å². The van der Waals surface area contributed by atoms with Gasteiger partial charge in [0.25, 0.3) is 11.9 Å². The van der Waals surface area contributed by atoms with Crippen LogP contribution in [0.3, 0.4) is 0 Å². The van der Waals surface area contributed by atoms with E-state index in [1.54, 1.807) is 46.1 Å². The SMILES string of the molecule is Cc1cc(-c2ccccc2)n(-c2n[nH]c(=S)n2/N=C/c2ccc(F)cc2)n1.Cc1cc(-c2ccccc2)nn1-c1n[nH]c(=S)n1/N=C/c1ccc(F)cc1. The average Bonchev–Trinajstić information content (AvgIpc) is 3.97. The standard InChI is InChI=1S/2C19H15FN6S/c1-13-11-17(15-5-3-2-4-6-15)24-25(13)18-22-23-19(27)26(18)21-12-14-7-9-16(20)10-8-14;1-13-11-17(15-5-3-2-4-6-15)25(24-13)18-22-23-19(27)26(18)21-12-14-7-9-16(20)10-8-14/h2*2-12H,1H3,(H,23,27)/b2*21-12+. The lowest BCUT2D eigenvalue weighted by molar-refractivity contribution is 0.627. The Morgan fingerprint density at radius 3 is 1.59 bits per heavy atom. The summed E-state index contributed by atoms with van der Waals surface area (Å²) < 4.78 is 33.1. The van der Waals surface area contributed by atoms with Crippen LogP contribution in [0.2, 0.25) is 0 Å². The Bertz CT molecular complexity index is 2690. The van der Waals surface area contributed by atoms with Crippen LogP contribution in [-0.2, 0) is 0 Å². The van der Waals surface area contributed by atoms with Crippen LogP contribution >= 0.6 is 24.4 Å². The molecule has 0 amide bonds. The molecule has 0 unspecified atom stereocenters. The van der Waals surface area contributed by atoms with Gasteiger partial charge in [-0.05, 0) is 85.8 Å². The van der Waals surface area contributed by atoms with Crippen molar-refractivity contribution in [1.82, 2.24) is 49.3 Å². The third-order valence-electron chi connectivity index (χ3n) is 7.89. The third kappa shape index (κ3) is 7.99. The highest BCUT2D eigenvalue weighted by molar-refractivity contribution is 7.71. The monoisotopic (exact) mass is 756 g/mol. The normalized spacial score (nSPS) is 11.3. The second-order valence-corrected chi connectivity index (χ2v) is 12.5. The van der Waals surface area contributed by atoms with Gasteiger partial charge in [0.15, 0.2) is 0 Å². The molecule has 0 fully saturated rings. The summed E-state index contributed by atoms with van der Waals surface area (Å²) in [5.74, 6) is 0.281. The number of hydrogen-bond acceptors (Lipinski definition) is 8. The molecular weight excluding hydrogens is 727 g/mol. The molecule has 0 atom stereocenters. The number of nitrogens with zero attached hydrogens (tertiary/aromatic N) is 10. The van der Waals surface area contributed by atoms with Crippen LogP contribution < -0.4 is 0 Å². The molecule has 4 aromatic carbocycles. The summed E-state index contributed by atoms with van der Waals surface area (Å²) in [6.07, 6.45) is 3.18. The Labute approximate surface area is 317 Å². The van der Waals surface area contributed by atoms with Gasteiger partial charge in [0.1, 0.15) is 11.6 Å². The summed E-state index contributed by atoms with van der Waals surface area (Å²) in [4.78, 5) is 0. The van der Waals surface area contributed by atoms with E-state index in [1.807, 2.05) is 86.6 Å². The van der Waals surface area contributed by atoms with Crippen molar-refractivity contribution in [2.45, 2.75) is 13.8 Å². The molecule has 0 aliphatic carbocycles. The second-order valence-electron chi connectivity index (χ2n) is 11.8. The molecular formula is C38H30F2N12S2. The van der Waals surface area contributed by atoms with Crippen LogP contribution in [0.25, 0.3) is 34.4 Å². The summed E-state index contributed by atoms with van der Waals surface area (Å²) in [6, 6.07) is 35.8. The largest absolute Gasteiger partial charge is 0.272 e. The van der Waals surface area contributed by atoms with Gasteiger partial charge in [-0.15, -0.1) is 10.2 Å². The zero-order valence-corrected chi connectivity index (χ0v) is 30.4. The van der Waals surface area contributed by atoms with Gasteiger partial charge in [-0.25, -0.2) is 23.7 Å². The Morgan fingerprint density at radius 2 is 1.07 bits per heavy atom. The van der Waals surface area contributed by atoms with E-state index in [-0.39, 0.29) is 11.6 Å². The minimum absolute atomic E-state index is 0.298. The maximum atomic E-state index is 13.1. The maximum Gasteiger partial charge on any atom is 0.272 e. The van der Waals surface area contributed by atoms with Crippen LogP contribution in [0.15, 0.2) is 132 Å². The topological polar surface area (TPSA) is 128 Å². The second kappa shape index (κ2) is 15.9. The molecule has 4 aromatic heterocycles. The lowest BCUT2D eigenvalue weighted by atomic mass is 10.1. The van der Waals surface area contributed by atoms with E-state index < -0.39 is 0 Å². The van der Waals surface area contributed by atoms with E-state index in [4.69, 9.17) is 24.4 Å². The van der Waals surface area contributed by atoms with Crippen LogP contribution in [0.1, 0.15) is 22.5 Å². The highest BCUT2D eigenvalue weighted by Crippen LogP contribution is 2.23. The summed E-state index contributed by atoms with van der Waals surface area (Å²) in [5.41, 5.74) is 6.93. The number of benzene rings is 4. The number of halogens is 2. The van der Waals surface area contributed by atoms with E-state index in [0.29, 0.717) is 21.4 Å². The Balaban J connectivity index is 0.000000167. The van der Waals surface area contributed by atoms with Crippen LogP contribution in [0, 0.1) is 35.0 Å². The predicted octanol–water partition coefficient (Wildman–Crippen LogP) is 8.25. The van der Waals surface area contributed by atoms with Gasteiger partial charge in [-0.2, -0.15) is 34.4 Å². The highest BCUT2D eigenvalue weighted by Gasteiger charge is 2.16. The van der Waals surface area contributed by atoms with Gasteiger partial charge in [0.2, 0.25) is 9.54 Å². The molecule has 0 spiro atoms. The lowest BCUT2D eigenvalue weighted by Crippen LogP contribution is -2.07. The minimum Gasteiger partial charge on any atom is -0.248 e. The lowest BCUT2D eigenvalue weighted by Gasteiger charge is -2.06. The van der Waals surface area contributed by atoms with E-state index >= 15 is 0 Å². The summed E-state index contributed by atoms with van der Waals surface area (Å²) >= 11 is 10.6. The molecule has 8 aromatic rings. The van der Waals surface area contributed by atoms with Crippen LogP contribution in [0.4, 0.5) is 8.78 Å². The first kappa shape index (κ1) is 35.6. The highest BCUT2D eigenvalue weighted by atomic mass is 32.1. The van der Waals surface area contributed by atoms with Crippen molar-refractivity contribution >= 4 is 36.9 Å². The van der Waals surface area contributed by atoms with Crippen molar-refractivity contribution in [3.05, 3.63) is 165 Å². The van der Waals surface area contributed by atoms with E-state index in [1.165, 1.54) is 33.6 Å². The number of H-pyrrole nitrogens is 2. The number of aryl methyl sites for hydroxylation is 2. The Hall–Kier alpha value is -6.78. The van der Waals surface area contributed by atoms with Gasteiger partial charge in [-0.1, -0.05) is 84.9 Å². The summed E-state index contributed by atoms with van der Waals surface area (Å²) in [6.45, 7) is 3.85. The number of rotatable bonds is 8. The van der Waals surface area contributed by atoms with Crippen molar-refractivity contribution in [2.75, 3.05) is 0 Å². The minimum atomic E-state index is -0.299. The molecule has 4 heterocycles. The molecule has 8 rings (SSSR count). The maximum absolute atomic E-state index is 13.1. The summed E-state index contributed by atoms with van der Waals surface area (Å²) in [7, 11) is 0. The van der Waals surface area contributed by atoms with Gasteiger partial charge in [0.05, 0.1) is 29.5 Å². The van der Waals surface area contributed by atoms with Gasteiger partial charge in [-0.3, -0.25) is 0 Å². The first-order valence-corrected chi connectivity index (χ1v) is 17.2. The molecule has 12 nitrogen and oxygen atoms in total. The zero-order chi connectivity index (χ0) is 37.6. The van der Waals surface area contributed by atoms with E-state index in [0.717, 1.165) is 45.0 Å². The molecule has 0 aliphatic rings. The van der Waals surface area contributed by atoms with E-state index in [2.05, 4.69) is 40.8 Å². The first-order valence-electron chi connectivity index (χ1n) is 16.4. The van der Waals surface area contributed by atoms with Gasteiger partial charge >= 0.3 is 0 Å². The van der Waals surface area contributed by atoms with E-state index in [9.17, 15) is 8.78 Å². The molecule has 268 valence electrons. The van der Waals surface area contributed by atoms with Crippen LogP contribution in [-0.4, -0.2) is 61.7 Å². The fourth-order valence-corrected chi connectivity index (χ4v) is 5.64. The third-order valence-corrected chi connectivity index (χ3v) is 8.42. The molecule has 0 aliphatic heterocycles. The van der Waals surface area contributed by atoms with Gasteiger partial charge in [0, 0.05) is 16.8 Å². The number of nitrogens with one attached hydrogen (secondary N) is 2. The molecule has 0 saturated carbocycles. The fourth-order valence-electron chi connectivity index (χ4n) is 5.29. The molecule has 2 N–H and O–H groups in total. The summed E-state index contributed by atoms with van der Waals surface area (Å²) in [5, 5.41) is 32.0. The Kier molecular flexibility index (Phi) is 10.5. The number of aromatic amines is 2. The molecule has 0 saturated heterocycles. The fraction of sp³-hybridized carbons (Fsp3) is 0.0526. The van der Waals surface area contributed by atoms with Crippen molar-refractivity contribution in [3.8, 4) is 34.4 Å². The Morgan fingerprint density at radius 1 is 0.593 bits per heavy atom.